The van der Waals surface area contributed by atoms with Crippen LogP contribution < -0.4 is 0 Å². The van der Waals surface area contributed by atoms with Crippen LogP contribution in [-0.2, 0) is 15.3 Å². The summed E-state index contributed by atoms with van der Waals surface area (Å²) in [5.41, 5.74) is 1.22. The number of hydrogen-bond acceptors (Lipinski definition) is 3. The van der Waals surface area contributed by atoms with Crippen LogP contribution in [0.15, 0.2) is 28.7 Å². The molecule has 0 bridgehead atoms. The normalized spacial score (nSPS) is 18.1. The van der Waals surface area contributed by atoms with Crippen molar-refractivity contribution in [2.75, 3.05) is 31.9 Å². The molecule has 1 aromatic rings. The summed E-state index contributed by atoms with van der Waals surface area (Å²) < 4.78 is 1.07. The monoisotopic (exact) mass is 396 g/mol. The Balaban J connectivity index is 1.38. The van der Waals surface area contributed by atoms with Crippen LogP contribution in [0.1, 0.15) is 18.4 Å². The molecule has 3 rings (SSSR count). The summed E-state index contributed by atoms with van der Waals surface area (Å²) in [5, 5.41) is 0. The highest BCUT2D eigenvalue weighted by atomic mass is 79.9. The Morgan fingerprint density at radius 2 is 1.83 bits per heavy atom. The second-order valence-electron chi connectivity index (χ2n) is 6.10. The van der Waals surface area contributed by atoms with Gasteiger partial charge in [0.05, 0.1) is 5.75 Å². The van der Waals surface area contributed by atoms with Gasteiger partial charge in [0.1, 0.15) is 0 Å². The van der Waals surface area contributed by atoms with Gasteiger partial charge in [-0.05, 0) is 30.5 Å². The first kappa shape index (κ1) is 16.8. The lowest BCUT2D eigenvalue weighted by atomic mass is 10.2. The van der Waals surface area contributed by atoms with Crippen LogP contribution in [0.4, 0.5) is 0 Å². The molecule has 1 saturated heterocycles. The van der Waals surface area contributed by atoms with Crippen molar-refractivity contribution in [1.29, 1.82) is 0 Å². The number of carbonyl (C=O) groups excluding carboxylic acids is 2. The van der Waals surface area contributed by atoms with E-state index in [0.717, 1.165) is 23.1 Å². The quantitative estimate of drug-likeness (QED) is 0.767. The van der Waals surface area contributed by atoms with E-state index in [1.807, 2.05) is 21.9 Å². The molecule has 1 aliphatic heterocycles. The molecule has 0 unspecified atom stereocenters. The van der Waals surface area contributed by atoms with E-state index in [0.29, 0.717) is 37.8 Å². The molecule has 2 fully saturated rings. The second-order valence-corrected chi connectivity index (χ2v) is 8.00. The predicted octanol–water partition coefficient (Wildman–Crippen LogP) is 2.76. The fourth-order valence-electron chi connectivity index (χ4n) is 2.74. The summed E-state index contributed by atoms with van der Waals surface area (Å²) in [7, 11) is 0. The molecule has 1 aliphatic carbocycles. The number of thioether (sulfide) groups is 1. The van der Waals surface area contributed by atoms with Crippen molar-refractivity contribution in [3.8, 4) is 0 Å². The first-order valence-electron chi connectivity index (χ1n) is 8.02. The number of amides is 2. The summed E-state index contributed by atoms with van der Waals surface area (Å²) in [6, 6.07) is 8.17. The average molecular weight is 397 g/mol. The van der Waals surface area contributed by atoms with Crippen LogP contribution in [0, 0.1) is 5.92 Å². The molecule has 0 spiro atoms. The van der Waals surface area contributed by atoms with Gasteiger partial charge in [-0.25, -0.2) is 0 Å². The van der Waals surface area contributed by atoms with Gasteiger partial charge in [-0.1, -0.05) is 28.1 Å². The van der Waals surface area contributed by atoms with Crippen LogP contribution >= 0.6 is 27.7 Å². The molecule has 1 heterocycles. The number of hydrogen-bond donors (Lipinski definition) is 0. The summed E-state index contributed by atoms with van der Waals surface area (Å²) in [6.45, 7) is 2.73. The van der Waals surface area contributed by atoms with Gasteiger partial charge in [-0.2, -0.15) is 0 Å². The smallest absolute Gasteiger partial charge is 0.232 e. The molecular formula is C17H21BrN2O2S. The Bertz CT molecular complexity index is 584. The molecule has 2 amide bonds. The van der Waals surface area contributed by atoms with E-state index < -0.39 is 0 Å². The van der Waals surface area contributed by atoms with Crippen molar-refractivity contribution in [3.05, 3.63) is 34.3 Å². The van der Waals surface area contributed by atoms with E-state index in [4.69, 9.17) is 0 Å². The predicted molar refractivity (Wildman–Crippen MR) is 96.2 cm³/mol. The Hall–Kier alpha value is -1.01. The highest BCUT2D eigenvalue weighted by molar-refractivity contribution is 9.10. The first-order valence-corrected chi connectivity index (χ1v) is 9.97. The molecular weight excluding hydrogens is 376 g/mol. The lowest BCUT2D eigenvalue weighted by Gasteiger charge is -2.35. The third-order valence-corrected chi connectivity index (χ3v) is 5.74. The van der Waals surface area contributed by atoms with E-state index in [1.165, 1.54) is 5.56 Å². The van der Waals surface area contributed by atoms with Crippen LogP contribution in [0.3, 0.4) is 0 Å². The summed E-state index contributed by atoms with van der Waals surface area (Å²) in [4.78, 5) is 28.1. The minimum Gasteiger partial charge on any atom is -0.339 e. The standard InChI is InChI=1S/C17H21BrN2O2S/c18-15-3-1-2-13(10-15)11-23-12-16(21)19-6-8-20(9-7-19)17(22)14-4-5-14/h1-3,10,14H,4-9,11-12H2. The molecule has 124 valence electrons. The molecule has 0 radical (unpaired) electrons. The van der Waals surface area contributed by atoms with E-state index in [9.17, 15) is 9.59 Å². The van der Waals surface area contributed by atoms with Crippen molar-refractivity contribution in [3.63, 3.8) is 0 Å². The number of halogens is 1. The third kappa shape index (κ3) is 4.73. The Morgan fingerprint density at radius 1 is 1.13 bits per heavy atom. The number of nitrogens with zero attached hydrogens (tertiary/aromatic N) is 2. The van der Waals surface area contributed by atoms with Crippen molar-refractivity contribution >= 4 is 39.5 Å². The Kier molecular flexibility index (Phi) is 5.64. The molecule has 1 aromatic carbocycles. The number of rotatable bonds is 5. The zero-order valence-corrected chi connectivity index (χ0v) is 15.4. The van der Waals surface area contributed by atoms with Crippen LogP contribution in [-0.4, -0.2) is 53.5 Å². The fraction of sp³-hybridized carbons (Fsp3) is 0.529. The number of carbonyl (C=O) groups is 2. The van der Waals surface area contributed by atoms with E-state index >= 15 is 0 Å². The zero-order valence-electron chi connectivity index (χ0n) is 13.0. The molecule has 0 N–H and O–H groups in total. The highest BCUT2D eigenvalue weighted by Gasteiger charge is 2.35. The van der Waals surface area contributed by atoms with Crippen LogP contribution in [0.25, 0.3) is 0 Å². The van der Waals surface area contributed by atoms with Crippen molar-refractivity contribution in [2.24, 2.45) is 5.92 Å². The van der Waals surface area contributed by atoms with Crippen molar-refractivity contribution < 1.29 is 9.59 Å². The van der Waals surface area contributed by atoms with Gasteiger partial charge in [0, 0.05) is 42.3 Å². The lowest BCUT2D eigenvalue weighted by molar-refractivity contribution is -0.139. The van der Waals surface area contributed by atoms with Crippen LogP contribution in [0.5, 0.6) is 0 Å². The van der Waals surface area contributed by atoms with Gasteiger partial charge in [-0.3, -0.25) is 9.59 Å². The van der Waals surface area contributed by atoms with Crippen LogP contribution in [0.2, 0.25) is 0 Å². The maximum Gasteiger partial charge on any atom is 0.232 e. The Labute approximate surface area is 149 Å². The first-order chi connectivity index (χ1) is 11.1. The van der Waals surface area contributed by atoms with E-state index in [2.05, 4.69) is 28.1 Å². The summed E-state index contributed by atoms with van der Waals surface area (Å²) in [6.07, 6.45) is 2.09. The van der Waals surface area contributed by atoms with Crippen molar-refractivity contribution in [2.45, 2.75) is 18.6 Å². The molecule has 0 aromatic heterocycles. The maximum atomic E-state index is 12.3. The lowest BCUT2D eigenvalue weighted by Crippen LogP contribution is -2.51. The summed E-state index contributed by atoms with van der Waals surface area (Å²) in [5.74, 6) is 2.09. The highest BCUT2D eigenvalue weighted by Crippen LogP contribution is 2.31. The molecule has 0 atom stereocenters. The van der Waals surface area contributed by atoms with Gasteiger partial charge < -0.3 is 9.80 Å². The average Bonchev–Trinajstić information content (AvgIpc) is 3.39. The largest absolute Gasteiger partial charge is 0.339 e. The van der Waals surface area contributed by atoms with Gasteiger partial charge >= 0.3 is 0 Å². The summed E-state index contributed by atoms with van der Waals surface area (Å²) >= 11 is 5.11. The van der Waals surface area contributed by atoms with Crippen molar-refractivity contribution in [1.82, 2.24) is 9.80 Å². The molecule has 2 aliphatic rings. The Morgan fingerprint density at radius 3 is 2.48 bits per heavy atom. The second kappa shape index (κ2) is 7.71. The maximum absolute atomic E-state index is 12.3. The van der Waals surface area contributed by atoms with Gasteiger partial charge in [0.25, 0.3) is 0 Å². The number of piperazine rings is 1. The molecule has 23 heavy (non-hydrogen) atoms. The molecule has 1 saturated carbocycles. The molecule has 4 nitrogen and oxygen atoms in total. The molecule has 6 heteroatoms. The van der Waals surface area contributed by atoms with Gasteiger partial charge in [0.15, 0.2) is 0 Å². The number of benzene rings is 1. The fourth-order valence-corrected chi connectivity index (χ4v) is 4.06. The zero-order chi connectivity index (χ0) is 16.2. The van der Waals surface area contributed by atoms with Gasteiger partial charge in [-0.15, -0.1) is 11.8 Å². The van der Waals surface area contributed by atoms with E-state index in [1.54, 1.807) is 11.8 Å². The minimum atomic E-state index is 0.184. The topological polar surface area (TPSA) is 40.6 Å². The third-order valence-electron chi connectivity index (χ3n) is 4.25. The SMILES string of the molecule is O=C(CSCc1cccc(Br)c1)N1CCN(C(=O)C2CC2)CC1. The minimum absolute atomic E-state index is 0.184. The van der Waals surface area contributed by atoms with E-state index in [-0.39, 0.29) is 11.8 Å². The van der Waals surface area contributed by atoms with Gasteiger partial charge in [0.2, 0.25) is 11.8 Å².